The number of carbonyl (C=O) groups excluding carboxylic acids is 1. The van der Waals surface area contributed by atoms with E-state index in [0.717, 1.165) is 11.8 Å². The quantitative estimate of drug-likeness (QED) is 0.650. The molecule has 0 fully saturated rings. The highest BCUT2D eigenvalue weighted by Crippen LogP contribution is 2.41. The second-order valence-corrected chi connectivity index (χ2v) is 7.13. The molecule has 0 spiro atoms. The third kappa shape index (κ3) is 4.60. The van der Waals surface area contributed by atoms with Gasteiger partial charge in [-0.25, -0.2) is 9.79 Å². The monoisotopic (exact) mass is 427 g/mol. The Hall–Kier alpha value is -3.39. The lowest BCUT2D eigenvalue weighted by molar-refractivity contribution is -0.138. The largest absolute Gasteiger partial charge is 0.506 e. The third-order valence-corrected chi connectivity index (χ3v) is 5.19. The van der Waals surface area contributed by atoms with Gasteiger partial charge in [0.05, 0.1) is 31.4 Å². The van der Waals surface area contributed by atoms with Gasteiger partial charge in [-0.3, -0.25) is 0 Å². The minimum atomic E-state index is -0.651. The fourth-order valence-electron chi connectivity index (χ4n) is 2.70. The highest BCUT2D eigenvalue weighted by Gasteiger charge is 2.33. The fourth-order valence-corrected chi connectivity index (χ4v) is 3.74. The van der Waals surface area contributed by atoms with Crippen molar-refractivity contribution in [2.45, 2.75) is 6.92 Å². The first-order valence-corrected chi connectivity index (χ1v) is 9.88. The predicted octanol–water partition coefficient (Wildman–Crippen LogP) is 4.60. The third-order valence-electron chi connectivity index (χ3n) is 4.17. The van der Waals surface area contributed by atoms with Gasteiger partial charge < -0.3 is 24.4 Å². The maximum Gasteiger partial charge on any atom is 0.344 e. The minimum absolute atomic E-state index is 0.00691. The van der Waals surface area contributed by atoms with Crippen LogP contribution in [-0.2, 0) is 9.53 Å². The molecular formula is C22H21NO6S. The van der Waals surface area contributed by atoms with Crippen molar-refractivity contribution < 1.29 is 29.2 Å². The first-order valence-electron chi connectivity index (χ1n) is 9.07. The molecule has 0 saturated carbocycles. The van der Waals surface area contributed by atoms with Gasteiger partial charge in [-0.1, -0.05) is 17.8 Å². The Morgan fingerprint density at radius 3 is 2.47 bits per heavy atom. The van der Waals surface area contributed by atoms with Crippen LogP contribution >= 0.6 is 11.8 Å². The highest BCUT2D eigenvalue weighted by atomic mass is 32.2. The average molecular weight is 427 g/mol. The van der Waals surface area contributed by atoms with Gasteiger partial charge in [-0.15, -0.1) is 0 Å². The van der Waals surface area contributed by atoms with Crippen LogP contribution in [-0.4, -0.2) is 42.1 Å². The number of hydrogen-bond donors (Lipinski definition) is 2. The van der Waals surface area contributed by atoms with E-state index in [1.165, 1.54) is 13.2 Å². The molecule has 0 radical (unpaired) electrons. The van der Waals surface area contributed by atoms with Crippen molar-refractivity contribution in [3.63, 3.8) is 0 Å². The summed E-state index contributed by atoms with van der Waals surface area (Å²) < 4.78 is 15.4. The minimum Gasteiger partial charge on any atom is -0.506 e. The summed E-state index contributed by atoms with van der Waals surface area (Å²) in [6.45, 7) is 1.86. The van der Waals surface area contributed by atoms with E-state index in [9.17, 15) is 15.0 Å². The first-order chi connectivity index (χ1) is 14.5. The standard InChI is InChI=1S/C22H21NO6S/c1-4-29-22(26)19-20(25)18(12-13-5-10-16(24)17(11-13)28-3)30-21(19)23-14-6-8-15(27-2)9-7-14/h5-12,24-25H,4H2,1-3H3/b18-12-,23-21?. The van der Waals surface area contributed by atoms with Gasteiger partial charge in [0.15, 0.2) is 11.5 Å². The molecule has 0 bridgehead atoms. The van der Waals surface area contributed by atoms with Gasteiger partial charge in [0.2, 0.25) is 0 Å². The molecule has 2 aromatic carbocycles. The fraction of sp³-hybridized carbons (Fsp3) is 0.182. The van der Waals surface area contributed by atoms with Crippen molar-refractivity contribution in [3.8, 4) is 17.2 Å². The second kappa shape index (κ2) is 9.41. The van der Waals surface area contributed by atoms with Crippen LogP contribution in [0.3, 0.4) is 0 Å². The molecule has 0 saturated heterocycles. The summed E-state index contributed by atoms with van der Waals surface area (Å²) in [5.74, 6) is 0.129. The van der Waals surface area contributed by atoms with Gasteiger partial charge >= 0.3 is 5.97 Å². The molecule has 0 amide bonds. The lowest BCUT2D eigenvalue weighted by Crippen LogP contribution is -2.12. The number of aliphatic hydroxyl groups is 1. The van der Waals surface area contributed by atoms with Crippen molar-refractivity contribution >= 4 is 34.5 Å². The topological polar surface area (TPSA) is 97.6 Å². The molecule has 0 aromatic heterocycles. The summed E-state index contributed by atoms with van der Waals surface area (Å²) in [5, 5.41) is 20.8. The highest BCUT2D eigenvalue weighted by molar-refractivity contribution is 8.18. The molecule has 1 aliphatic heterocycles. The molecular weight excluding hydrogens is 406 g/mol. The van der Waals surface area contributed by atoms with Crippen LogP contribution in [0.5, 0.6) is 17.2 Å². The molecule has 3 rings (SSSR count). The Morgan fingerprint density at radius 1 is 1.10 bits per heavy atom. The lowest BCUT2D eigenvalue weighted by Gasteiger charge is -2.04. The number of rotatable bonds is 6. The van der Waals surface area contributed by atoms with Crippen LogP contribution in [0.1, 0.15) is 12.5 Å². The Labute approximate surface area is 178 Å². The Kier molecular flexibility index (Phi) is 6.68. The van der Waals surface area contributed by atoms with E-state index in [-0.39, 0.29) is 23.7 Å². The van der Waals surface area contributed by atoms with Gasteiger partial charge in [-0.05, 0) is 55.0 Å². The number of thioether (sulfide) groups is 1. The molecule has 2 aromatic rings. The molecule has 0 atom stereocenters. The second-order valence-electron chi connectivity index (χ2n) is 6.10. The van der Waals surface area contributed by atoms with E-state index in [4.69, 9.17) is 14.2 Å². The zero-order valence-corrected chi connectivity index (χ0v) is 17.5. The van der Waals surface area contributed by atoms with Crippen LogP contribution < -0.4 is 9.47 Å². The number of carbonyl (C=O) groups is 1. The Morgan fingerprint density at radius 2 is 1.83 bits per heavy atom. The zero-order valence-electron chi connectivity index (χ0n) is 16.7. The van der Waals surface area contributed by atoms with Crippen molar-refractivity contribution in [3.05, 3.63) is 64.3 Å². The molecule has 30 heavy (non-hydrogen) atoms. The summed E-state index contributed by atoms with van der Waals surface area (Å²) >= 11 is 1.15. The number of hydrogen-bond acceptors (Lipinski definition) is 8. The molecule has 0 aliphatic carbocycles. The van der Waals surface area contributed by atoms with Gasteiger partial charge in [0.1, 0.15) is 22.1 Å². The normalized spacial score (nSPS) is 16.2. The summed E-state index contributed by atoms with van der Waals surface area (Å²) in [4.78, 5) is 17.4. The smallest absolute Gasteiger partial charge is 0.344 e. The number of nitrogens with zero attached hydrogens (tertiary/aromatic N) is 1. The molecule has 1 aliphatic rings. The number of aliphatic imine (C=N–C) groups is 1. The number of aromatic hydroxyl groups is 1. The molecule has 7 nitrogen and oxygen atoms in total. The number of phenols is 1. The number of benzene rings is 2. The van der Waals surface area contributed by atoms with Gasteiger partial charge in [0, 0.05) is 0 Å². The molecule has 0 unspecified atom stereocenters. The first kappa shape index (κ1) is 21.3. The molecule has 156 valence electrons. The van der Waals surface area contributed by atoms with E-state index < -0.39 is 5.97 Å². The number of ether oxygens (including phenoxy) is 3. The Balaban J connectivity index is 2.02. The zero-order chi connectivity index (χ0) is 21.7. The summed E-state index contributed by atoms with van der Waals surface area (Å²) in [6, 6.07) is 11.8. The maximum atomic E-state index is 12.5. The van der Waals surface area contributed by atoms with Crippen molar-refractivity contribution in [1.82, 2.24) is 0 Å². The van der Waals surface area contributed by atoms with Crippen LogP contribution in [0.2, 0.25) is 0 Å². The average Bonchev–Trinajstić information content (AvgIpc) is 3.04. The van der Waals surface area contributed by atoms with E-state index in [2.05, 4.69) is 4.99 Å². The molecule has 2 N–H and O–H groups in total. The van der Waals surface area contributed by atoms with Crippen molar-refractivity contribution in [2.24, 2.45) is 4.99 Å². The predicted molar refractivity (Wildman–Crippen MR) is 117 cm³/mol. The number of phenolic OH excluding ortho intramolecular Hbond substituents is 1. The molecule has 8 heteroatoms. The van der Waals surface area contributed by atoms with Crippen LogP contribution in [0, 0.1) is 0 Å². The summed E-state index contributed by atoms with van der Waals surface area (Å²) in [5.41, 5.74) is 1.28. The van der Waals surface area contributed by atoms with Crippen molar-refractivity contribution in [2.75, 3.05) is 20.8 Å². The van der Waals surface area contributed by atoms with E-state index in [0.29, 0.717) is 32.7 Å². The van der Waals surface area contributed by atoms with E-state index in [1.807, 2.05) is 0 Å². The van der Waals surface area contributed by atoms with E-state index >= 15 is 0 Å². The summed E-state index contributed by atoms with van der Waals surface area (Å²) in [6.07, 6.45) is 1.68. The molecule has 1 heterocycles. The number of esters is 1. The van der Waals surface area contributed by atoms with Crippen LogP contribution in [0.25, 0.3) is 6.08 Å². The SMILES string of the molecule is CCOC(=O)C1=C(O)/C(=C/c2ccc(O)c(OC)c2)SC1=Nc1ccc(OC)cc1. The Bertz CT molecular complexity index is 1040. The van der Waals surface area contributed by atoms with E-state index in [1.54, 1.807) is 56.5 Å². The van der Waals surface area contributed by atoms with Gasteiger partial charge in [0.25, 0.3) is 0 Å². The van der Waals surface area contributed by atoms with Crippen LogP contribution in [0.15, 0.2) is 63.7 Å². The lowest BCUT2D eigenvalue weighted by atomic mass is 10.1. The number of aliphatic hydroxyl groups excluding tert-OH is 1. The summed E-state index contributed by atoms with van der Waals surface area (Å²) in [7, 11) is 3.02. The van der Waals surface area contributed by atoms with Gasteiger partial charge in [-0.2, -0.15) is 0 Å². The van der Waals surface area contributed by atoms with Crippen LogP contribution in [0.4, 0.5) is 5.69 Å². The number of methoxy groups -OCH3 is 2. The van der Waals surface area contributed by atoms with Crippen molar-refractivity contribution in [1.29, 1.82) is 0 Å². The maximum absolute atomic E-state index is 12.5.